The number of urea groups is 1. The monoisotopic (exact) mass is 257 g/mol. The maximum absolute atomic E-state index is 11.5. The van der Waals surface area contributed by atoms with Crippen LogP contribution in [0, 0.1) is 5.41 Å². The summed E-state index contributed by atoms with van der Waals surface area (Å²) < 4.78 is 0. The zero-order valence-corrected chi connectivity index (χ0v) is 10.4. The summed E-state index contributed by atoms with van der Waals surface area (Å²) in [6.45, 7) is 1.76. The number of carboxylic acid groups (broad SMARTS) is 1. The number of primary amides is 1. The molecule has 0 radical (unpaired) electrons. The van der Waals surface area contributed by atoms with E-state index in [1.54, 1.807) is 6.92 Å². The molecule has 7 heteroatoms. The molecule has 1 rings (SSSR count). The van der Waals surface area contributed by atoms with Crippen molar-refractivity contribution in [1.82, 2.24) is 10.6 Å². The van der Waals surface area contributed by atoms with E-state index >= 15 is 0 Å². The van der Waals surface area contributed by atoms with E-state index in [4.69, 9.17) is 10.8 Å². The van der Waals surface area contributed by atoms with Crippen molar-refractivity contribution in [3.63, 3.8) is 0 Å². The minimum absolute atomic E-state index is 0.0531. The van der Waals surface area contributed by atoms with Crippen LogP contribution in [0.15, 0.2) is 0 Å². The molecule has 0 spiro atoms. The van der Waals surface area contributed by atoms with Gasteiger partial charge in [0.05, 0.1) is 5.41 Å². The van der Waals surface area contributed by atoms with Gasteiger partial charge in [0.25, 0.3) is 0 Å². The lowest BCUT2D eigenvalue weighted by Gasteiger charge is -2.37. The molecule has 1 aliphatic rings. The topological polar surface area (TPSA) is 122 Å². The third-order valence-corrected chi connectivity index (χ3v) is 3.24. The average molecular weight is 257 g/mol. The Bertz CT molecular complexity index is 352. The third kappa shape index (κ3) is 3.61. The van der Waals surface area contributed by atoms with E-state index < -0.39 is 23.3 Å². The lowest BCUT2D eigenvalue weighted by atomic mass is 9.69. The summed E-state index contributed by atoms with van der Waals surface area (Å²) in [6, 6.07) is -0.846. The summed E-state index contributed by atoms with van der Waals surface area (Å²) in [5.74, 6) is -1.37. The summed E-state index contributed by atoms with van der Waals surface area (Å²) >= 11 is 0. The lowest BCUT2D eigenvalue weighted by Crippen LogP contribution is -2.51. The molecule has 0 aliphatic heterocycles. The van der Waals surface area contributed by atoms with E-state index in [0.29, 0.717) is 12.8 Å². The van der Waals surface area contributed by atoms with Crippen LogP contribution >= 0.6 is 0 Å². The Kier molecular flexibility index (Phi) is 4.52. The molecule has 0 heterocycles. The lowest BCUT2D eigenvalue weighted by molar-refractivity contribution is -0.153. The molecule has 3 amide bonds. The summed E-state index contributed by atoms with van der Waals surface area (Å²) in [6.07, 6.45) is 2.09. The number of carbonyl (C=O) groups is 3. The number of hydrogen-bond acceptors (Lipinski definition) is 3. The number of aliphatic carboxylic acids is 1. The first-order chi connectivity index (χ1) is 8.35. The summed E-state index contributed by atoms with van der Waals surface area (Å²) in [5.41, 5.74) is 4.18. The normalized spacial score (nSPS) is 18.3. The number of rotatable bonds is 6. The number of hydrogen-bond donors (Lipinski definition) is 4. The van der Waals surface area contributed by atoms with Gasteiger partial charge >= 0.3 is 12.0 Å². The van der Waals surface area contributed by atoms with Crippen molar-refractivity contribution in [2.24, 2.45) is 11.1 Å². The zero-order valence-electron chi connectivity index (χ0n) is 10.4. The van der Waals surface area contributed by atoms with Gasteiger partial charge in [0.1, 0.15) is 0 Å². The van der Waals surface area contributed by atoms with Crippen molar-refractivity contribution < 1.29 is 19.5 Å². The highest BCUT2D eigenvalue weighted by Crippen LogP contribution is 2.40. The van der Waals surface area contributed by atoms with Crippen molar-refractivity contribution in [2.45, 2.75) is 38.6 Å². The molecule has 0 aromatic rings. The maximum atomic E-state index is 11.5. The van der Waals surface area contributed by atoms with Gasteiger partial charge in [0.15, 0.2) is 0 Å². The van der Waals surface area contributed by atoms with Crippen LogP contribution in [0.5, 0.6) is 0 Å². The van der Waals surface area contributed by atoms with Gasteiger partial charge in [-0.25, -0.2) is 4.79 Å². The molecule has 0 aromatic heterocycles. The van der Waals surface area contributed by atoms with Crippen LogP contribution in [-0.2, 0) is 9.59 Å². The fraction of sp³-hybridized carbons (Fsp3) is 0.727. The Balaban J connectivity index is 2.32. The SMILES string of the molecule is CC(CC(N)=O)NC(=O)NCC1(C(=O)O)CCC1. The Morgan fingerprint density at radius 3 is 2.39 bits per heavy atom. The Morgan fingerprint density at radius 1 is 1.39 bits per heavy atom. The van der Waals surface area contributed by atoms with Gasteiger partial charge in [0, 0.05) is 19.0 Å². The second-order valence-electron chi connectivity index (χ2n) is 4.84. The van der Waals surface area contributed by atoms with Crippen molar-refractivity contribution in [3.8, 4) is 0 Å². The van der Waals surface area contributed by atoms with Crippen molar-refractivity contribution in [1.29, 1.82) is 0 Å². The number of nitrogens with two attached hydrogens (primary N) is 1. The molecular formula is C11H19N3O4. The number of carbonyl (C=O) groups excluding carboxylic acids is 2. The van der Waals surface area contributed by atoms with E-state index in [1.165, 1.54) is 0 Å². The standard InChI is InChI=1S/C11H19N3O4/c1-7(5-8(12)15)14-10(18)13-6-11(9(16)17)3-2-4-11/h7H,2-6H2,1H3,(H2,12,15)(H,16,17)(H2,13,14,18). The number of carboxylic acids is 1. The van der Waals surface area contributed by atoms with Gasteiger partial charge < -0.3 is 21.5 Å². The fourth-order valence-electron chi connectivity index (χ4n) is 1.95. The first-order valence-corrected chi connectivity index (χ1v) is 5.92. The minimum Gasteiger partial charge on any atom is -0.481 e. The van der Waals surface area contributed by atoms with Gasteiger partial charge in [-0.05, 0) is 19.8 Å². The van der Waals surface area contributed by atoms with E-state index in [1.807, 2.05) is 0 Å². The highest BCUT2D eigenvalue weighted by molar-refractivity contribution is 5.80. The Labute approximate surface area is 105 Å². The molecule has 1 unspecified atom stereocenters. The molecular weight excluding hydrogens is 238 g/mol. The van der Waals surface area contributed by atoms with Crippen LogP contribution in [0.4, 0.5) is 4.79 Å². The molecule has 1 aliphatic carbocycles. The van der Waals surface area contributed by atoms with Gasteiger partial charge in [0.2, 0.25) is 5.91 Å². The van der Waals surface area contributed by atoms with E-state index in [9.17, 15) is 14.4 Å². The van der Waals surface area contributed by atoms with Crippen LogP contribution in [0.3, 0.4) is 0 Å². The first kappa shape index (κ1) is 14.3. The highest BCUT2D eigenvalue weighted by Gasteiger charge is 2.44. The largest absolute Gasteiger partial charge is 0.481 e. The van der Waals surface area contributed by atoms with E-state index in [-0.39, 0.29) is 19.0 Å². The summed E-state index contributed by atoms with van der Waals surface area (Å²) in [4.78, 5) is 33.2. The molecule has 18 heavy (non-hydrogen) atoms. The summed E-state index contributed by atoms with van der Waals surface area (Å²) in [7, 11) is 0. The third-order valence-electron chi connectivity index (χ3n) is 3.24. The van der Waals surface area contributed by atoms with Crippen molar-refractivity contribution in [3.05, 3.63) is 0 Å². The van der Waals surface area contributed by atoms with Gasteiger partial charge in [-0.2, -0.15) is 0 Å². The quantitative estimate of drug-likeness (QED) is 0.526. The molecule has 1 saturated carbocycles. The molecule has 0 saturated heterocycles. The fourth-order valence-corrected chi connectivity index (χ4v) is 1.95. The molecule has 1 fully saturated rings. The van der Waals surface area contributed by atoms with Crippen molar-refractivity contribution >= 4 is 17.9 Å². The zero-order chi connectivity index (χ0) is 13.8. The van der Waals surface area contributed by atoms with Crippen LogP contribution in [0.2, 0.25) is 0 Å². The van der Waals surface area contributed by atoms with Gasteiger partial charge in [-0.1, -0.05) is 6.42 Å². The van der Waals surface area contributed by atoms with Crippen LogP contribution < -0.4 is 16.4 Å². The Morgan fingerprint density at radius 2 is 2.00 bits per heavy atom. The molecule has 102 valence electrons. The molecule has 5 N–H and O–H groups in total. The molecule has 0 aromatic carbocycles. The Hall–Kier alpha value is -1.79. The highest BCUT2D eigenvalue weighted by atomic mass is 16.4. The van der Waals surface area contributed by atoms with Gasteiger partial charge in [-0.3, -0.25) is 9.59 Å². The minimum atomic E-state index is -0.876. The van der Waals surface area contributed by atoms with E-state index in [0.717, 1.165) is 6.42 Å². The van der Waals surface area contributed by atoms with Crippen LogP contribution in [0.25, 0.3) is 0 Å². The predicted molar refractivity (Wildman–Crippen MR) is 63.7 cm³/mol. The molecule has 7 nitrogen and oxygen atoms in total. The number of nitrogens with one attached hydrogen (secondary N) is 2. The molecule has 1 atom stereocenters. The maximum Gasteiger partial charge on any atom is 0.315 e. The first-order valence-electron chi connectivity index (χ1n) is 5.92. The smallest absolute Gasteiger partial charge is 0.315 e. The summed E-state index contributed by atoms with van der Waals surface area (Å²) in [5, 5.41) is 14.1. The molecule has 0 bridgehead atoms. The van der Waals surface area contributed by atoms with E-state index in [2.05, 4.69) is 10.6 Å². The predicted octanol–water partition coefficient (Wildman–Crippen LogP) is -0.196. The van der Waals surface area contributed by atoms with Crippen LogP contribution in [0.1, 0.15) is 32.6 Å². The second-order valence-corrected chi connectivity index (χ2v) is 4.84. The number of amides is 3. The average Bonchev–Trinajstić information content (AvgIpc) is 2.13. The van der Waals surface area contributed by atoms with Crippen molar-refractivity contribution in [2.75, 3.05) is 6.54 Å². The second kappa shape index (κ2) is 5.70. The van der Waals surface area contributed by atoms with Crippen LogP contribution in [-0.4, -0.2) is 35.6 Å². The van der Waals surface area contributed by atoms with Gasteiger partial charge in [-0.15, -0.1) is 0 Å².